The summed E-state index contributed by atoms with van der Waals surface area (Å²) in [6.45, 7) is 3.27. The maximum absolute atomic E-state index is 5.42. The molecule has 0 atom stereocenters. The molecular weight excluding hydrogens is 226 g/mol. The minimum Gasteiger partial charge on any atom is -0.353 e. The summed E-state index contributed by atoms with van der Waals surface area (Å²) in [5.41, 5.74) is 7.64. The second-order valence-electron chi connectivity index (χ2n) is 3.98. The van der Waals surface area contributed by atoms with E-state index in [1.807, 2.05) is 18.2 Å². The molecule has 0 bridgehead atoms. The van der Waals surface area contributed by atoms with Gasteiger partial charge in [0.15, 0.2) is 0 Å². The van der Waals surface area contributed by atoms with Gasteiger partial charge in [-0.15, -0.1) is 0 Å². The fraction of sp³-hybridized carbons (Fsp3) is 0.231. The Hall–Kier alpha value is -2.14. The first-order valence-electron chi connectivity index (χ1n) is 5.88. The third-order valence-electron chi connectivity index (χ3n) is 2.37. The molecule has 4 N–H and O–H groups in total. The van der Waals surface area contributed by atoms with Gasteiger partial charge in [0.05, 0.1) is 0 Å². The maximum atomic E-state index is 5.42. The fourth-order valence-corrected chi connectivity index (χ4v) is 1.57. The van der Waals surface area contributed by atoms with Gasteiger partial charge in [-0.3, -0.25) is 0 Å². The van der Waals surface area contributed by atoms with Crippen LogP contribution in [0, 0.1) is 6.92 Å². The number of anilines is 3. The largest absolute Gasteiger partial charge is 0.353 e. The quantitative estimate of drug-likeness (QED) is 0.747. The van der Waals surface area contributed by atoms with Crippen molar-refractivity contribution in [1.82, 2.24) is 9.97 Å². The summed E-state index contributed by atoms with van der Waals surface area (Å²) in [5.74, 6) is 1.34. The van der Waals surface area contributed by atoms with Crippen LogP contribution in [-0.4, -0.2) is 23.1 Å². The monoisotopic (exact) mass is 243 g/mol. The number of rotatable bonds is 5. The molecule has 0 aliphatic heterocycles. The second kappa shape index (κ2) is 5.97. The van der Waals surface area contributed by atoms with E-state index in [1.54, 1.807) is 6.20 Å². The number of aryl methyl sites for hydroxylation is 1. The number of aromatic nitrogens is 2. The highest BCUT2D eigenvalue weighted by atomic mass is 15.1. The number of nitrogens with one attached hydrogen (secondary N) is 2. The molecule has 5 nitrogen and oxygen atoms in total. The van der Waals surface area contributed by atoms with Crippen LogP contribution in [0.1, 0.15) is 5.56 Å². The lowest BCUT2D eigenvalue weighted by Crippen LogP contribution is -2.15. The molecular formula is C13H17N5. The molecule has 0 aliphatic rings. The summed E-state index contributed by atoms with van der Waals surface area (Å²) >= 11 is 0. The van der Waals surface area contributed by atoms with E-state index in [1.165, 1.54) is 5.56 Å². The fourth-order valence-electron chi connectivity index (χ4n) is 1.57. The van der Waals surface area contributed by atoms with Gasteiger partial charge in [-0.05, 0) is 30.7 Å². The van der Waals surface area contributed by atoms with Gasteiger partial charge in [-0.2, -0.15) is 4.98 Å². The van der Waals surface area contributed by atoms with Crippen molar-refractivity contribution in [3.8, 4) is 0 Å². The molecule has 2 aromatic rings. The van der Waals surface area contributed by atoms with Crippen LogP contribution in [-0.2, 0) is 0 Å². The predicted octanol–water partition coefficient (Wildman–Crippen LogP) is 1.90. The van der Waals surface area contributed by atoms with E-state index in [2.05, 4.69) is 39.7 Å². The molecule has 0 spiro atoms. The molecule has 94 valence electrons. The van der Waals surface area contributed by atoms with Gasteiger partial charge in [0.25, 0.3) is 0 Å². The SMILES string of the molecule is Cc1cccc(Nc2ccnc(NCCN)n2)c1. The van der Waals surface area contributed by atoms with Crippen LogP contribution < -0.4 is 16.4 Å². The van der Waals surface area contributed by atoms with Gasteiger partial charge in [0, 0.05) is 25.0 Å². The Kier molecular flexibility index (Phi) is 4.09. The molecule has 5 heteroatoms. The van der Waals surface area contributed by atoms with Crippen molar-refractivity contribution >= 4 is 17.5 Å². The van der Waals surface area contributed by atoms with Gasteiger partial charge in [-0.25, -0.2) is 4.98 Å². The van der Waals surface area contributed by atoms with E-state index >= 15 is 0 Å². The second-order valence-corrected chi connectivity index (χ2v) is 3.98. The van der Waals surface area contributed by atoms with E-state index in [-0.39, 0.29) is 0 Å². The molecule has 18 heavy (non-hydrogen) atoms. The van der Waals surface area contributed by atoms with Crippen molar-refractivity contribution in [2.45, 2.75) is 6.92 Å². The normalized spacial score (nSPS) is 10.1. The Balaban J connectivity index is 2.09. The lowest BCUT2D eigenvalue weighted by atomic mass is 10.2. The zero-order chi connectivity index (χ0) is 12.8. The average molecular weight is 243 g/mol. The Morgan fingerprint density at radius 1 is 1.28 bits per heavy atom. The van der Waals surface area contributed by atoms with E-state index in [4.69, 9.17) is 5.73 Å². The summed E-state index contributed by atoms with van der Waals surface area (Å²) < 4.78 is 0. The topological polar surface area (TPSA) is 75.9 Å². The molecule has 2 rings (SSSR count). The summed E-state index contributed by atoms with van der Waals surface area (Å²) in [6.07, 6.45) is 1.71. The zero-order valence-corrected chi connectivity index (χ0v) is 10.4. The van der Waals surface area contributed by atoms with Crippen molar-refractivity contribution in [3.63, 3.8) is 0 Å². The Morgan fingerprint density at radius 2 is 2.17 bits per heavy atom. The summed E-state index contributed by atoms with van der Waals surface area (Å²) in [4.78, 5) is 8.46. The van der Waals surface area contributed by atoms with Crippen LogP contribution >= 0.6 is 0 Å². The third kappa shape index (κ3) is 3.43. The average Bonchev–Trinajstić information content (AvgIpc) is 2.37. The number of hydrogen-bond acceptors (Lipinski definition) is 5. The van der Waals surface area contributed by atoms with Crippen LogP contribution in [0.15, 0.2) is 36.5 Å². The van der Waals surface area contributed by atoms with E-state index in [9.17, 15) is 0 Å². The molecule has 0 aliphatic carbocycles. The van der Waals surface area contributed by atoms with Crippen LogP contribution in [0.5, 0.6) is 0 Å². The van der Waals surface area contributed by atoms with E-state index in [0.717, 1.165) is 11.5 Å². The standard InChI is InChI=1S/C13H17N5/c1-10-3-2-4-11(9-10)17-12-5-7-15-13(18-12)16-8-6-14/h2-5,7,9H,6,8,14H2,1H3,(H2,15,16,17,18). The van der Waals surface area contributed by atoms with Crippen LogP contribution in [0.2, 0.25) is 0 Å². The third-order valence-corrected chi connectivity index (χ3v) is 2.37. The van der Waals surface area contributed by atoms with E-state index < -0.39 is 0 Å². The highest BCUT2D eigenvalue weighted by Gasteiger charge is 1.99. The van der Waals surface area contributed by atoms with Crippen LogP contribution in [0.3, 0.4) is 0 Å². The highest BCUT2D eigenvalue weighted by molar-refractivity contribution is 5.57. The van der Waals surface area contributed by atoms with Gasteiger partial charge in [0.1, 0.15) is 5.82 Å². The zero-order valence-electron chi connectivity index (χ0n) is 10.4. The van der Waals surface area contributed by atoms with Crippen molar-refractivity contribution in [2.75, 3.05) is 23.7 Å². The number of benzene rings is 1. The smallest absolute Gasteiger partial charge is 0.224 e. The molecule has 0 unspecified atom stereocenters. The Morgan fingerprint density at radius 3 is 2.94 bits per heavy atom. The molecule has 1 aromatic carbocycles. The minimum atomic E-state index is 0.554. The van der Waals surface area contributed by atoms with Crippen molar-refractivity contribution in [2.24, 2.45) is 5.73 Å². The first-order valence-corrected chi connectivity index (χ1v) is 5.88. The molecule has 0 saturated carbocycles. The predicted molar refractivity (Wildman–Crippen MR) is 74.0 cm³/mol. The first-order chi connectivity index (χ1) is 8.78. The number of nitrogens with two attached hydrogens (primary N) is 1. The molecule has 1 heterocycles. The Bertz CT molecular complexity index is 512. The molecule has 0 amide bonds. The maximum Gasteiger partial charge on any atom is 0.224 e. The summed E-state index contributed by atoms with van der Waals surface area (Å²) in [5, 5.41) is 6.28. The number of hydrogen-bond donors (Lipinski definition) is 3. The van der Waals surface area contributed by atoms with Crippen molar-refractivity contribution in [1.29, 1.82) is 0 Å². The van der Waals surface area contributed by atoms with E-state index in [0.29, 0.717) is 19.0 Å². The van der Waals surface area contributed by atoms with Gasteiger partial charge < -0.3 is 16.4 Å². The lowest BCUT2D eigenvalue weighted by Gasteiger charge is -2.08. The first kappa shape index (κ1) is 12.3. The molecule has 0 saturated heterocycles. The van der Waals surface area contributed by atoms with Crippen molar-refractivity contribution < 1.29 is 0 Å². The summed E-state index contributed by atoms with van der Waals surface area (Å²) in [6, 6.07) is 9.96. The summed E-state index contributed by atoms with van der Waals surface area (Å²) in [7, 11) is 0. The molecule has 1 aromatic heterocycles. The Labute approximate surface area is 106 Å². The lowest BCUT2D eigenvalue weighted by molar-refractivity contribution is 0.990. The molecule has 0 radical (unpaired) electrons. The van der Waals surface area contributed by atoms with Crippen molar-refractivity contribution in [3.05, 3.63) is 42.1 Å². The molecule has 0 fully saturated rings. The minimum absolute atomic E-state index is 0.554. The van der Waals surface area contributed by atoms with Gasteiger partial charge >= 0.3 is 0 Å². The van der Waals surface area contributed by atoms with Crippen LogP contribution in [0.25, 0.3) is 0 Å². The van der Waals surface area contributed by atoms with Crippen LogP contribution in [0.4, 0.5) is 17.5 Å². The van der Waals surface area contributed by atoms with Gasteiger partial charge in [-0.1, -0.05) is 12.1 Å². The van der Waals surface area contributed by atoms with Gasteiger partial charge in [0.2, 0.25) is 5.95 Å². The highest BCUT2D eigenvalue weighted by Crippen LogP contribution is 2.16. The number of nitrogens with zero attached hydrogens (tertiary/aromatic N) is 2.